The molecular formula is C13H17NO4. The molecule has 0 heterocycles. The van der Waals surface area contributed by atoms with E-state index in [0.717, 1.165) is 0 Å². The van der Waals surface area contributed by atoms with E-state index in [-0.39, 0.29) is 17.0 Å². The van der Waals surface area contributed by atoms with Gasteiger partial charge in [0.25, 0.3) is 0 Å². The first-order valence-electron chi connectivity index (χ1n) is 5.52. The van der Waals surface area contributed by atoms with Gasteiger partial charge in [-0.25, -0.2) is 4.79 Å². The molecule has 1 aromatic rings. The smallest absolute Gasteiger partial charge is 0.412 e. The van der Waals surface area contributed by atoms with E-state index in [2.05, 4.69) is 5.32 Å². The summed E-state index contributed by atoms with van der Waals surface area (Å²) in [5.74, 6) is -0.179. The van der Waals surface area contributed by atoms with Crippen LogP contribution in [0.5, 0.6) is 5.75 Å². The van der Waals surface area contributed by atoms with E-state index in [0.29, 0.717) is 11.8 Å². The number of aromatic hydroxyl groups is 1. The summed E-state index contributed by atoms with van der Waals surface area (Å²) < 4.78 is 5.09. The van der Waals surface area contributed by atoms with Crippen molar-refractivity contribution in [1.82, 2.24) is 0 Å². The minimum atomic E-state index is -0.667. The van der Waals surface area contributed by atoms with Crippen molar-refractivity contribution >= 4 is 18.1 Å². The van der Waals surface area contributed by atoms with E-state index < -0.39 is 11.7 Å². The Morgan fingerprint density at radius 3 is 2.50 bits per heavy atom. The Bertz CT molecular complexity index is 475. The molecule has 5 heteroatoms. The highest BCUT2D eigenvalue weighted by atomic mass is 16.6. The Kier molecular flexibility index (Phi) is 3.96. The molecule has 1 amide bonds. The zero-order valence-electron chi connectivity index (χ0n) is 10.9. The maximum Gasteiger partial charge on any atom is 0.412 e. The number of hydrogen-bond donors (Lipinski definition) is 2. The van der Waals surface area contributed by atoms with Gasteiger partial charge in [0, 0.05) is 0 Å². The van der Waals surface area contributed by atoms with Crippen LogP contribution in [0.1, 0.15) is 36.7 Å². The zero-order valence-corrected chi connectivity index (χ0v) is 10.9. The van der Waals surface area contributed by atoms with Gasteiger partial charge in [0.15, 0.2) is 6.29 Å². The van der Waals surface area contributed by atoms with Crippen LogP contribution in [0.15, 0.2) is 12.1 Å². The Hall–Kier alpha value is -2.04. The third kappa shape index (κ3) is 3.48. The molecule has 5 nitrogen and oxygen atoms in total. The fourth-order valence-corrected chi connectivity index (χ4v) is 1.41. The van der Waals surface area contributed by atoms with E-state index in [1.807, 2.05) is 0 Å². The van der Waals surface area contributed by atoms with E-state index in [4.69, 9.17) is 4.74 Å². The number of benzene rings is 1. The zero-order chi connectivity index (χ0) is 13.9. The predicted octanol–water partition coefficient (Wildman–Crippen LogP) is 2.86. The van der Waals surface area contributed by atoms with Crippen LogP contribution in [0.4, 0.5) is 10.5 Å². The van der Waals surface area contributed by atoms with Gasteiger partial charge < -0.3 is 9.84 Å². The first kappa shape index (κ1) is 14.0. The van der Waals surface area contributed by atoms with Gasteiger partial charge in [-0.1, -0.05) is 6.07 Å². The molecule has 0 atom stereocenters. The van der Waals surface area contributed by atoms with Crippen LogP contribution < -0.4 is 5.32 Å². The fourth-order valence-electron chi connectivity index (χ4n) is 1.41. The van der Waals surface area contributed by atoms with Crippen molar-refractivity contribution in [2.24, 2.45) is 0 Å². The second kappa shape index (κ2) is 5.08. The summed E-state index contributed by atoms with van der Waals surface area (Å²) in [5.41, 5.74) is 0.344. The lowest BCUT2D eigenvalue weighted by Gasteiger charge is -2.20. The highest BCUT2D eigenvalue weighted by Gasteiger charge is 2.19. The predicted molar refractivity (Wildman–Crippen MR) is 68.1 cm³/mol. The lowest BCUT2D eigenvalue weighted by atomic mass is 10.1. The highest BCUT2D eigenvalue weighted by Crippen LogP contribution is 2.27. The second-order valence-corrected chi connectivity index (χ2v) is 4.94. The van der Waals surface area contributed by atoms with E-state index >= 15 is 0 Å². The van der Waals surface area contributed by atoms with Gasteiger partial charge in [0.05, 0.1) is 11.3 Å². The largest absolute Gasteiger partial charge is 0.507 e. The van der Waals surface area contributed by atoms with Gasteiger partial charge in [-0.2, -0.15) is 0 Å². The van der Waals surface area contributed by atoms with Gasteiger partial charge in [-0.05, 0) is 39.3 Å². The third-order valence-corrected chi connectivity index (χ3v) is 2.17. The van der Waals surface area contributed by atoms with Crippen molar-refractivity contribution in [2.75, 3.05) is 5.32 Å². The number of carbonyl (C=O) groups excluding carboxylic acids is 2. The van der Waals surface area contributed by atoms with Gasteiger partial charge >= 0.3 is 6.09 Å². The van der Waals surface area contributed by atoms with Crippen LogP contribution in [-0.4, -0.2) is 23.1 Å². The van der Waals surface area contributed by atoms with E-state index in [9.17, 15) is 14.7 Å². The molecule has 0 aliphatic heterocycles. The number of nitrogens with one attached hydrogen (secondary N) is 1. The summed E-state index contributed by atoms with van der Waals surface area (Å²) in [5, 5.41) is 12.0. The molecule has 98 valence electrons. The molecule has 0 bridgehead atoms. The molecule has 1 aromatic carbocycles. The quantitative estimate of drug-likeness (QED) is 0.792. The topological polar surface area (TPSA) is 75.6 Å². The summed E-state index contributed by atoms with van der Waals surface area (Å²) in [6.45, 7) is 6.94. The Morgan fingerprint density at radius 1 is 1.39 bits per heavy atom. The monoisotopic (exact) mass is 251 g/mol. The first-order chi connectivity index (χ1) is 8.24. The molecule has 2 N–H and O–H groups in total. The molecule has 0 aromatic heterocycles. The lowest BCUT2D eigenvalue weighted by molar-refractivity contribution is 0.0636. The van der Waals surface area contributed by atoms with Crippen molar-refractivity contribution in [3.8, 4) is 5.75 Å². The van der Waals surface area contributed by atoms with Crippen LogP contribution in [0.2, 0.25) is 0 Å². The van der Waals surface area contributed by atoms with Crippen LogP contribution in [0.25, 0.3) is 0 Å². The number of amides is 1. The van der Waals surface area contributed by atoms with Crippen LogP contribution in [0.3, 0.4) is 0 Å². The highest BCUT2D eigenvalue weighted by molar-refractivity contribution is 5.96. The first-order valence-corrected chi connectivity index (χ1v) is 5.52. The Morgan fingerprint density at radius 2 is 2.00 bits per heavy atom. The SMILES string of the molecule is Cc1ccc(O)c(C=O)c1NC(=O)OC(C)(C)C. The molecule has 0 fully saturated rings. The number of ether oxygens (including phenoxy) is 1. The maximum atomic E-state index is 11.6. The average molecular weight is 251 g/mol. The summed E-state index contributed by atoms with van der Waals surface area (Å²) in [6.07, 6.45) is -0.172. The van der Waals surface area contributed by atoms with Gasteiger partial charge in [-0.3, -0.25) is 10.1 Å². The molecule has 18 heavy (non-hydrogen) atoms. The third-order valence-electron chi connectivity index (χ3n) is 2.17. The summed E-state index contributed by atoms with van der Waals surface area (Å²) in [6, 6.07) is 3.01. The molecule has 0 saturated carbocycles. The number of aldehydes is 1. The summed E-state index contributed by atoms with van der Waals surface area (Å²) in [4.78, 5) is 22.5. The number of carbonyl (C=O) groups is 2. The second-order valence-electron chi connectivity index (χ2n) is 4.94. The lowest BCUT2D eigenvalue weighted by Crippen LogP contribution is -2.27. The number of phenols is 1. The van der Waals surface area contributed by atoms with Crippen molar-refractivity contribution < 1.29 is 19.4 Å². The number of aryl methyl sites for hydroxylation is 1. The number of phenolic OH excluding ortho intramolecular Hbond substituents is 1. The molecule has 0 aliphatic carbocycles. The van der Waals surface area contributed by atoms with Crippen LogP contribution >= 0.6 is 0 Å². The fraction of sp³-hybridized carbons (Fsp3) is 0.385. The Balaban J connectivity index is 3.01. The molecule has 0 saturated heterocycles. The molecule has 1 rings (SSSR count). The maximum absolute atomic E-state index is 11.6. The number of rotatable bonds is 2. The van der Waals surface area contributed by atoms with Gasteiger partial charge in [0.2, 0.25) is 0 Å². The van der Waals surface area contributed by atoms with Crippen molar-refractivity contribution in [1.29, 1.82) is 0 Å². The average Bonchev–Trinajstić information content (AvgIpc) is 2.21. The van der Waals surface area contributed by atoms with Gasteiger partial charge in [-0.15, -0.1) is 0 Å². The number of hydrogen-bond acceptors (Lipinski definition) is 4. The molecule has 0 radical (unpaired) electrons. The van der Waals surface area contributed by atoms with E-state index in [1.54, 1.807) is 33.8 Å². The minimum absolute atomic E-state index is 0.0425. The standard InChI is InChI=1S/C13H17NO4/c1-8-5-6-10(16)9(7-15)11(8)14-12(17)18-13(2,3)4/h5-7,16H,1-4H3,(H,14,17). The minimum Gasteiger partial charge on any atom is -0.507 e. The number of anilines is 1. The van der Waals surface area contributed by atoms with E-state index in [1.165, 1.54) is 6.07 Å². The summed E-state index contributed by atoms with van der Waals surface area (Å²) in [7, 11) is 0. The normalized spacial score (nSPS) is 10.9. The van der Waals surface area contributed by atoms with Crippen molar-refractivity contribution in [3.05, 3.63) is 23.3 Å². The van der Waals surface area contributed by atoms with Crippen LogP contribution in [-0.2, 0) is 4.74 Å². The van der Waals surface area contributed by atoms with Crippen molar-refractivity contribution in [2.45, 2.75) is 33.3 Å². The Labute approximate surface area is 106 Å². The summed E-state index contributed by atoms with van der Waals surface area (Å²) >= 11 is 0. The molecular weight excluding hydrogens is 234 g/mol. The molecule has 0 unspecified atom stereocenters. The molecule has 0 aliphatic rings. The van der Waals surface area contributed by atoms with Crippen LogP contribution in [0, 0.1) is 6.92 Å². The molecule has 0 spiro atoms. The van der Waals surface area contributed by atoms with Crippen molar-refractivity contribution in [3.63, 3.8) is 0 Å². The van der Waals surface area contributed by atoms with Gasteiger partial charge in [0.1, 0.15) is 11.4 Å².